The van der Waals surface area contributed by atoms with Gasteiger partial charge in [0.15, 0.2) is 5.82 Å². The van der Waals surface area contributed by atoms with E-state index in [9.17, 15) is 0 Å². The number of aromatic nitrogens is 5. The predicted octanol–water partition coefficient (Wildman–Crippen LogP) is 4.15. The minimum absolute atomic E-state index is 0.0943. The lowest BCUT2D eigenvalue weighted by atomic mass is 10.0. The monoisotopic (exact) mass is 422 g/mol. The summed E-state index contributed by atoms with van der Waals surface area (Å²) < 4.78 is 13.2. The summed E-state index contributed by atoms with van der Waals surface area (Å²) >= 11 is 6.32. The van der Waals surface area contributed by atoms with Gasteiger partial charge in [0.25, 0.3) is 0 Å². The van der Waals surface area contributed by atoms with Gasteiger partial charge in [0.05, 0.1) is 42.2 Å². The molecule has 0 aliphatic carbocycles. The standard InChI is InChI=1S/C21H19ClN6O2/c1-12-25-19(27-30-12)10-20-26-18-11-24-17-3-2-13(22)8-16(17)21(18)28(20)14-5-7-29-15(9-14)4-6-23/h2-3,8,11,14-15H,4-5,7,9-10H2,1H3/t14-,15-/m0/s1. The number of aryl methyl sites for hydroxylation is 1. The molecule has 152 valence electrons. The van der Waals surface area contributed by atoms with Crippen molar-refractivity contribution in [2.24, 2.45) is 0 Å². The van der Waals surface area contributed by atoms with Crippen LogP contribution in [0.15, 0.2) is 28.9 Å². The first kappa shape index (κ1) is 19.0. The molecule has 1 fully saturated rings. The molecule has 30 heavy (non-hydrogen) atoms. The van der Waals surface area contributed by atoms with Crippen LogP contribution in [0.2, 0.25) is 5.02 Å². The fourth-order valence-corrected chi connectivity index (χ4v) is 4.38. The molecule has 0 spiro atoms. The maximum absolute atomic E-state index is 9.13. The van der Waals surface area contributed by atoms with Gasteiger partial charge in [0.1, 0.15) is 11.3 Å². The van der Waals surface area contributed by atoms with Gasteiger partial charge < -0.3 is 13.8 Å². The zero-order valence-electron chi connectivity index (χ0n) is 16.4. The van der Waals surface area contributed by atoms with E-state index in [0.717, 1.165) is 40.6 Å². The highest BCUT2D eigenvalue weighted by Gasteiger charge is 2.28. The number of hydrogen-bond acceptors (Lipinski definition) is 7. The molecule has 4 aromatic rings. The molecule has 1 aliphatic rings. The molecule has 2 atom stereocenters. The van der Waals surface area contributed by atoms with Crippen molar-refractivity contribution in [1.29, 1.82) is 5.26 Å². The van der Waals surface area contributed by atoms with E-state index in [2.05, 4.69) is 25.8 Å². The predicted molar refractivity (Wildman–Crippen MR) is 110 cm³/mol. The first-order chi connectivity index (χ1) is 14.6. The van der Waals surface area contributed by atoms with E-state index < -0.39 is 0 Å². The molecule has 0 saturated carbocycles. The summed E-state index contributed by atoms with van der Waals surface area (Å²) in [6.45, 7) is 2.37. The zero-order chi connectivity index (χ0) is 20.7. The van der Waals surface area contributed by atoms with E-state index in [1.807, 2.05) is 18.2 Å². The van der Waals surface area contributed by atoms with Crippen molar-refractivity contribution in [3.63, 3.8) is 0 Å². The smallest absolute Gasteiger partial charge is 0.223 e. The fraction of sp³-hybridized carbons (Fsp3) is 0.381. The lowest BCUT2D eigenvalue weighted by molar-refractivity contribution is -0.00202. The second-order valence-electron chi connectivity index (χ2n) is 7.49. The normalized spacial score (nSPS) is 19.4. The van der Waals surface area contributed by atoms with Gasteiger partial charge in [-0.25, -0.2) is 4.98 Å². The van der Waals surface area contributed by atoms with Crippen LogP contribution in [-0.2, 0) is 11.2 Å². The number of nitriles is 1. The molecule has 0 bridgehead atoms. The number of nitrogens with zero attached hydrogens (tertiary/aromatic N) is 6. The highest BCUT2D eigenvalue weighted by atomic mass is 35.5. The Kier molecular flexibility index (Phi) is 4.85. The third kappa shape index (κ3) is 3.40. The average Bonchev–Trinajstić information content (AvgIpc) is 3.31. The van der Waals surface area contributed by atoms with Crippen molar-refractivity contribution < 1.29 is 9.26 Å². The number of benzene rings is 1. The summed E-state index contributed by atoms with van der Waals surface area (Å²) in [5, 5.41) is 14.8. The molecule has 8 nitrogen and oxygen atoms in total. The maximum atomic E-state index is 9.13. The Hall–Kier alpha value is -3.02. The molecule has 0 N–H and O–H groups in total. The molecule has 1 aromatic carbocycles. The summed E-state index contributed by atoms with van der Waals surface area (Å²) in [4.78, 5) is 13.8. The second-order valence-corrected chi connectivity index (χ2v) is 7.93. The van der Waals surface area contributed by atoms with Crippen LogP contribution in [0.5, 0.6) is 0 Å². The van der Waals surface area contributed by atoms with Gasteiger partial charge in [0.2, 0.25) is 5.89 Å². The van der Waals surface area contributed by atoms with Crippen molar-refractivity contribution in [2.45, 2.75) is 44.8 Å². The number of imidazole rings is 1. The van der Waals surface area contributed by atoms with Crippen molar-refractivity contribution in [3.8, 4) is 6.07 Å². The number of fused-ring (bicyclic) bond motifs is 3. The van der Waals surface area contributed by atoms with Crippen LogP contribution in [0.1, 0.15) is 42.8 Å². The van der Waals surface area contributed by atoms with Crippen molar-refractivity contribution >= 4 is 33.5 Å². The van der Waals surface area contributed by atoms with E-state index in [1.54, 1.807) is 13.1 Å². The summed E-state index contributed by atoms with van der Waals surface area (Å²) in [7, 11) is 0. The number of hydrogen-bond donors (Lipinski definition) is 0. The number of ether oxygens (including phenoxy) is 1. The van der Waals surface area contributed by atoms with Crippen molar-refractivity contribution in [1.82, 2.24) is 24.7 Å². The van der Waals surface area contributed by atoms with Crippen molar-refractivity contribution in [2.75, 3.05) is 6.61 Å². The molecule has 5 rings (SSSR count). The maximum Gasteiger partial charge on any atom is 0.223 e. The number of pyridine rings is 1. The third-order valence-corrected chi connectivity index (χ3v) is 5.70. The zero-order valence-corrected chi connectivity index (χ0v) is 17.1. The SMILES string of the molecule is Cc1nc(Cc2nc3cnc4ccc(Cl)cc4c3n2[C@H]2CCO[C@@H](CC#N)C2)no1. The highest BCUT2D eigenvalue weighted by Crippen LogP contribution is 2.35. The largest absolute Gasteiger partial charge is 0.377 e. The first-order valence-corrected chi connectivity index (χ1v) is 10.2. The summed E-state index contributed by atoms with van der Waals surface area (Å²) in [6, 6.07) is 8.04. The second kappa shape index (κ2) is 7.67. The first-order valence-electron chi connectivity index (χ1n) is 9.85. The third-order valence-electron chi connectivity index (χ3n) is 5.46. The van der Waals surface area contributed by atoms with Crippen molar-refractivity contribution in [3.05, 3.63) is 47.0 Å². The fourth-order valence-electron chi connectivity index (χ4n) is 4.21. The van der Waals surface area contributed by atoms with Gasteiger partial charge in [-0.2, -0.15) is 10.2 Å². The van der Waals surface area contributed by atoms with Gasteiger partial charge in [0, 0.05) is 30.0 Å². The molecule has 9 heteroatoms. The van der Waals surface area contributed by atoms with Crippen LogP contribution in [0, 0.1) is 18.3 Å². The van der Waals surface area contributed by atoms with Crippen LogP contribution < -0.4 is 0 Å². The molecule has 4 heterocycles. The average molecular weight is 423 g/mol. The minimum Gasteiger partial charge on any atom is -0.377 e. The molecular weight excluding hydrogens is 404 g/mol. The Morgan fingerprint density at radius 1 is 1.30 bits per heavy atom. The Balaban J connectivity index is 1.70. The summed E-state index contributed by atoms with van der Waals surface area (Å²) in [6.07, 6.45) is 4.07. The molecule has 0 amide bonds. The van der Waals surface area contributed by atoms with E-state index in [0.29, 0.717) is 36.2 Å². The van der Waals surface area contributed by atoms with E-state index in [-0.39, 0.29) is 12.1 Å². The van der Waals surface area contributed by atoms with E-state index >= 15 is 0 Å². The number of rotatable bonds is 4. The Labute approximate surface area is 177 Å². The summed E-state index contributed by atoms with van der Waals surface area (Å²) in [5.41, 5.74) is 2.64. The molecule has 3 aromatic heterocycles. The Bertz CT molecular complexity index is 1270. The lowest BCUT2D eigenvalue weighted by Gasteiger charge is -2.30. The minimum atomic E-state index is -0.0943. The quantitative estimate of drug-likeness (QED) is 0.486. The van der Waals surface area contributed by atoms with Gasteiger partial charge >= 0.3 is 0 Å². The highest BCUT2D eigenvalue weighted by molar-refractivity contribution is 6.31. The molecular formula is C21H19ClN6O2. The van der Waals surface area contributed by atoms with Crippen LogP contribution in [0.3, 0.4) is 0 Å². The molecule has 0 unspecified atom stereocenters. The Morgan fingerprint density at radius 3 is 3.00 bits per heavy atom. The van der Waals surface area contributed by atoms with E-state index in [1.165, 1.54) is 0 Å². The molecule has 0 radical (unpaired) electrons. The van der Waals surface area contributed by atoms with Gasteiger partial charge in [-0.3, -0.25) is 4.98 Å². The molecule has 1 saturated heterocycles. The summed E-state index contributed by atoms with van der Waals surface area (Å²) in [5.74, 6) is 1.94. The van der Waals surface area contributed by atoms with E-state index in [4.69, 9.17) is 31.1 Å². The molecule has 1 aliphatic heterocycles. The van der Waals surface area contributed by atoms with Crippen LogP contribution in [-0.4, -0.2) is 37.4 Å². The van der Waals surface area contributed by atoms with Gasteiger partial charge in [-0.15, -0.1) is 0 Å². The van der Waals surface area contributed by atoms with Crippen LogP contribution >= 0.6 is 11.6 Å². The van der Waals surface area contributed by atoms with Gasteiger partial charge in [-0.1, -0.05) is 16.8 Å². The topological polar surface area (TPSA) is 103 Å². The number of halogens is 1. The van der Waals surface area contributed by atoms with Gasteiger partial charge in [-0.05, 0) is 31.0 Å². The lowest BCUT2D eigenvalue weighted by Crippen LogP contribution is -2.28. The van der Waals surface area contributed by atoms with Crippen LogP contribution in [0.4, 0.5) is 0 Å². The van der Waals surface area contributed by atoms with Crippen LogP contribution in [0.25, 0.3) is 21.9 Å². The Morgan fingerprint density at radius 2 is 2.20 bits per heavy atom.